The number of aromatic nitrogens is 2. The minimum absolute atomic E-state index is 0.00309. The summed E-state index contributed by atoms with van der Waals surface area (Å²) in [5.41, 5.74) is 2.33. The third kappa shape index (κ3) is 3.82. The fourth-order valence-electron chi connectivity index (χ4n) is 3.29. The second kappa shape index (κ2) is 7.75. The lowest BCUT2D eigenvalue weighted by Gasteiger charge is -2.16. The van der Waals surface area contributed by atoms with Gasteiger partial charge in [0.05, 0.1) is 18.6 Å². The number of nitrogens with zero attached hydrogens (tertiary/aromatic N) is 3. The van der Waals surface area contributed by atoms with E-state index < -0.39 is 5.91 Å². The van der Waals surface area contributed by atoms with Crippen molar-refractivity contribution in [2.45, 2.75) is 19.3 Å². The van der Waals surface area contributed by atoms with Crippen LogP contribution in [0.15, 0.2) is 52.9 Å². The highest BCUT2D eigenvalue weighted by atomic mass is 16.5. The molecule has 0 unspecified atom stereocenters. The Labute approximate surface area is 167 Å². The molecule has 1 fully saturated rings. The number of methoxy groups -OCH3 is 1. The van der Waals surface area contributed by atoms with Crippen LogP contribution in [0.5, 0.6) is 5.75 Å². The van der Waals surface area contributed by atoms with Crippen molar-refractivity contribution in [3.63, 3.8) is 0 Å². The fraction of sp³-hybridized carbons (Fsp3) is 0.238. The molecule has 8 heteroatoms. The summed E-state index contributed by atoms with van der Waals surface area (Å²) in [5, 5.41) is 10.5. The molecule has 0 saturated carbocycles. The highest BCUT2D eigenvalue weighted by molar-refractivity contribution is 6.05. The Kier molecular flexibility index (Phi) is 4.99. The third-order valence-corrected chi connectivity index (χ3v) is 4.83. The summed E-state index contributed by atoms with van der Waals surface area (Å²) >= 11 is 0. The molecule has 2 amide bonds. The second-order valence-corrected chi connectivity index (χ2v) is 6.84. The van der Waals surface area contributed by atoms with Crippen molar-refractivity contribution in [2.75, 3.05) is 23.9 Å². The Morgan fingerprint density at radius 3 is 2.69 bits per heavy atom. The summed E-state index contributed by atoms with van der Waals surface area (Å²) in [5.74, 6) is 0.120. The maximum Gasteiger partial charge on any atom is 0.322 e. The Hall–Kier alpha value is -3.68. The highest BCUT2D eigenvalue weighted by Gasteiger charge is 2.35. The number of rotatable bonds is 5. The number of para-hydroxylation sites is 1. The van der Waals surface area contributed by atoms with Crippen molar-refractivity contribution >= 4 is 23.5 Å². The molecule has 1 aliphatic heterocycles. The molecular weight excluding hydrogens is 372 g/mol. The summed E-state index contributed by atoms with van der Waals surface area (Å²) < 4.78 is 10.8. The normalized spacial score (nSPS) is 16.1. The monoisotopic (exact) mass is 392 g/mol. The molecule has 1 saturated heterocycles. The van der Waals surface area contributed by atoms with Gasteiger partial charge in [-0.2, -0.15) is 0 Å². The molecule has 148 valence electrons. The first-order chi connectivity index (χ1) is 14.0. The van der Waals surface area contributed by atoms with Crippen LogP contribution in [0.25, 0.3) is 0 Å². The molecule has 2 heterocycles. The van der Waals surface area contributed by atoms with Crippen LogP contribution < -0.4 is 15.0 Å². The highest BCUT2D eigenvalue weighted by Crippen LogP contribution is 2.32. The van der Waals surface area contributed by atoms with Gasteiger partial charge in [0.25, 0.3) is 5.91 Å². The van der Waals surface area contributed by atoms with Gasteiger partial charge in [-0.25, -0.2) is 0 Å². The van der Waals surface area contributed by atoms with Crippen LogP contribution in [0.3, 0.4) is 0 Å². The van der Waals surface area contributed by atoms with Gasteiger partial charge < -0.3 is 14.1 Å². The van der Waals surface area contributed by atoms with Crippen molar-refractivity contribution in [1.29, 1.82) is 0 Å². The molecule has 0 spiro atoms. The van der Waals surface area contributed by atoms with E-state index in [1.165, 1.54) is 7.11 Å². The topological polar surface area (TPSA) is 97.6 Å². The number of hydrogen-bond acceptors (Lipinski definition) is 6. The van der Waals surface area contributed by atoms with E-state index >= 15 is 0 Å². The number of hydrogen-bond donors (Lipinski definition) is 1. The first kappa shape index (κ1) is 18.7. The van der Waals surface area contributed by atoms with Crippen molar-refractivity contribution in [2.24, 2.45) is 0 Å². The van der Waals surface area contributed by atoms with Gasteiger partial charge in [0.2, 0.25) is 11.8 Å². The average molecular weight is 392 g/mol. The lowest BCUT2D eigenvalue weighted by molar-refractivity contribution is -0.117. The number of benzene rings is 2. The smallest absolute Gasteiger partial charge is 0.322 e. The fourth-order valence-corrected chi connectivity index (χ4v) is 3.29. The maximum atomic E-state index is 12.5. The van der Waals surface area contributed by atoms with Crippen molar-refractivity contribution < 1.29 is 18.7 Å². The molecule has 0 bridgehead atoms. The number of carbonyl (C=O) groups is 2. The lowest BCUT2D eigenvalue weighted by Crippen LogP contribution is -2.24. The van der Waals surface area contributed by atoms with Crippen LogP contribution in [0.4, 0.5) is 11.7 Å². The SMILES string of the molecule is COc1ccccc1C(=O)Nc1nnc([C@@H]2CC(=O)N(c3ccc(C)cc3)C2)o1. The molecule has 1 aromatic heterocycles. The number of amides is 2. The van der Waals surface area contributed by atoms with Crippen LogP contribution in [-0.2, 0) is 4.79 Å². The molecular formula is C21H20N4O4. The van der Waals surface area contributed by atoms with E-state index in [-0.39, 0.29) is 24.3 Å². The van der Waals surface area contributed by atoms with Gasteiger partial charge in [-0.1, -0.05) is 34.9 Å². The molecule has 0 radical (unpaired) electrons. The van der Waals surface area contributed by atoms with E-state index in [1.807, 2.05) is 31.2 Å². The van der Waals surface area contributed by atoms with E-state index in [0.717, 1.165) is 11.3 Å². The van der Waals surface area contributed by atoms with E-state index in [2.05, 4.69) is 15.5 Å². The van der Waals surface area contributed by atoms with Gasteiger partial charge in [0.1, 0.15) is 5.75 Å². The standard InChI is InChI=1S/C21H20N4O4/c1-13-7-9-15(10-8-13)25-12-14(11-18(25)26)20-23-24-21(29-20)22-19(27)16-5-3-4-6-17(16)28-2/h3-10,14H,11-12H2,1-2H3,(H,22,24,27)/t14-/m1/s1. The van der Waals surface area contributed by atoms with Crippen LogP contribution in [0.2, 0.25) is 0 Å². The second-order valence-electron chi connectivity index (χ2n) is 6.84. The summed E-state index contributed by atoms with van der Waals surface area (Å²) in [4.78, 5) is 26.6. The molecule has 1 N–H and O–H groups in total. The van der Waals surface area contributed by atoms with Crippen molar-refractivity contribution in [1.82, 2.24) is 10.2 Å². The quantitative estimate of drug-likeness (QED) is 0.716. The molecule has 4 rings (SSSR count). The van der Waals surface area contributed by atoms with Crippen molar-refractivity contribution in [3.8, 4) is 5.75 Å². The summed E-state index contributed by atoms with van der Waals surface area (Å²) in [6, 6.07) is 14.6. The summed E-state index contributed by atoms with van der Waals surface area (Å²) in [6.45, 7) is 2.45. The van der Waals surface area contributed by atoms with E-state index in [1.54, 1.807) is 29.2 Å². The third-order valence-electron chi connectivity index (χ3n) is 4.83. The summed E-state index contributed by atoms with van der Waals surface area (Å²) in [7, 11) is 1.49. The van der Waals surface area contributed by atoms with Crippen LogP contribution in [0.1, 0.15) is 34.2 Å². The van der Waals surface area contributed by atoms with E-state index in [0.29, 0.717) is 23.7 Å². The molecule has 8 nitrogen and oxygen atoms in total. The molecule has 0 aliphatic carbocycles. The zero-order valence-electron chi connectivity index (χ0n) is 16.1. The van der Waals surface area contributed by atoms with E-state index in [9.17, 15) is 9.59 Å². The van der Waals surface area contributed by atoms with Crippen LogP contribution in [-0.4, -0.2) is 35.7 Å². The van der Waals surface area contributed by atoms with Gasteiger partial charge >= 0.3 is 6.01 Å². The molecule has 1 atom stereocenters. The number of ether oxygens (including phenoxy) is 1. The minimum atomic E-state index is -0.415. The average Bonchev–Trinajstić information content (AvgIpc) is 3.35. The number of aryl methyl sites for hydroxylation is 1. The zero-order chi connectivity index (χ0) is 20.4. The van der Waals surface area contributed by atoms with Gasteiger partial charge in [0.15, 0.2) is 0 Å². The predicted octanol–water partition coefficient (Wildman–Crippen LogP) is 3.16. The molecule has 1 aliphatic rings. The van der Waals surface area contributed by atoms with Crippen molar-refractivity contribution in [3.05, 3.63) is 65.5 Å². The van der Waals surface area contributed by atoms with E-state index in [4.69, 9.17) is 9.15 Å². The van der Waals surface area contributed by atoms with Crippen LogP contribution in [0, 0.1) is 6.92 Å². The van der Waals surface area contributed by atoms with Gasteiger partial charge in [0, 0.05) is 18.7 Å². The van der Waals surface area contributed by atoms with Crippen LogP contribution >= 0.6 is 0 Å². The number of nitrogens with one attached hydrogen (secondary N) is 1. The Morgan fingerprint density at radius 1 is 1.17 bits per heavy atom. The molecule has 3 aromatic rings. The Morgan fingerprint density at radius 2 is 1.93 bits per heavy atom. The van der Waals surface area contributed by atoms with Gasteiger partial charge in [-0.3, -0.25) is 14.9 Å². The predicted molar refractivity (Wildman–Crippen MR) is 106 cm³/mol. The first-order valence-corrected chi connectivity index (χ1v) is 9.20. The van der Waals surface area contributed by atoms with Gasteiger partial charge in [-0.05, 0) is 31.2 Å². The number of carbonyl (C=O) groups excluding carboxylic acids is 2. The minimum Gasteiger partial charge on any atom is -0.496 e. The molecule has 29 heavy (non-hydrogen) atoms. The first-order valence-electron chi connectivity index (χ1n) is 9.20. The zero-order valence-corrected chi connectivity index (χ0v) is 16.1. The molecule has 2 aromatic carbocycles. The largest absolute Gasteiger partial charge is 0.496 e. The summed E-state index contributed by atoms with van der Waals surface area (Å²) in [6.07, 6.45) is 0.274. The van der Waals surface area contributed by atoms with Gasteiger partial charge in [-0.15, -0.1) is 5.10 Å². The maximum absolute atomic E-state index is 12.5. The Bertz CT molecular complexity index is 1040. The number of anilines is 2. The lowest BCUT2D eigenvalue weighted by atomic mass is 10.1. The Balaban J connectivity index is 1.46.